The highest BCUT2D eigenvalue weighted by molar-refractivity contribution is 9.10. The van der Waals surface area contributed by atoms with Crippen molar-refractivity contribution in [1.29, 1.82) is 0 Å². The minimum atomic E-state index is -0.289. The van der Waals surface area contributed by atoms with Gasteiger partial charge in [0, 0.05) is 15.8 Å². The van der Waals surface area contributed by atoms with Crippen molar-refractivity contribution in [1.82, 2.24) is 4.98 Å². The van der Waals surface area contributed by atoms with E-state index >= 15 is 0 Å². The highest BCUT2D eigenvalue weighted by atomic mass is 79.9. The Morgan fingerprint density at radius 3 is 2.79 bits per heavy atom. The maximum atomic E-state index is 13.2. The average Bonchev–Trinajstić information content (AvgIpc) is 3.09. The first-order chi connectivity index (χ1) is 13.1. The van der Waals surface area contributed by atoms with E-state index in [-0.39, 0.29) is 24.8 Å². The van der Waals surface area contributed by atoms with Crippen LogP contribution in [0.25, 0.3) is 10.1 Å². The Balaban J connectivity index is 0.00000225. The van der Waals surface area contributed by atoms with E-state index in [0.29, 0.717) is 10.8 Å². The monoisotopic (exact) mass is 498 g/mol. The van der Waals surface area contributed by atoms with Crippen LogP contribution in [0.4, 0.5) is 15.9 Å². The molecule has 0 saturated carbocycles. The number of thiophene rings is 1. The topological polar surface area (TPSA) is 34.1 Å². The van der Waals surface area contributed by atoms with Gasteiger partial charge in [-0.3, -0.25) is 0 Å². The van der Waals surface area contributed by atoms with Gasteiger partial charge in [0.15, 0.2) is 0 Å². The zero-order chi connectivity index (χ0) is 18.8. The highest BCUT2D eigenvalue weighted by Gasteiger charge is 2.09. The number of rotatable bonds is 5. The molecule has 0 unspecified atom stereocenters. The second-order valence-electron chi connectivity index (χ2n) is 5.81. The Morgan fingerprint density at radius 2 is 2.00 bits per heavy atom. The minimum Gasteiger partial charge on any atom is -0.487 e. The van der Waals surface area contributed by atoms with Crippen LogP contribution in [0.1, 0.15) is 5.56 Å². The molecule has 0 aliphatic carbocycles. The van der Waals surface area contributed by atoms with E-state index in [0.717, 1.165) is 31.8 Å². The van der Waals surface area contributed by atoms with Gasteiger partial charge in [-0.2, -0.15) is 0 Å². The number of fused-ring (bicyclic) bond motifs is 1. The zero-order valence-electron chi connectivity index (χ0n) is 14.3. The third-order valence-corrected chi connectivity index (χ3v) is 5.46. The Kier molecular flexibility index (Phi) is 6.78. The lowest BCUT2D eigenvalue weighted by atomic mass is 10.2. The predicted molar refractivity (Wildman–Crippen MR) is 120 cm³/mol. The van der Waals surface area contributed by atoms with Gasteiger partial charge in [0.25, 0.3) is 0 Å². The molecule has 0 saturated heterocycles. The Morgan fingerprint density at radius 1 is 1.14 bits per heavy atom. The summed E-state index contributed by atoms with van der Waals surface area (Å²) in [6, 6.07) is 15.7. The van der Waals surface area contributed by atoms with Crippen LogP contribution >= 0.6 is 51.3 Å². The quantitative estimate of drug-likeness (QED) is 0.287. The van der Waals surface area contributed by atoms with Crippen molar-refractivity contribution in [3.05, 3.63) is 81.0 Å². The molecule has 2 aromatic heterocycles. The number of nitrogens with one attached hydrogen (secondary N) is 1. The van der Waals surface area contributed by atoms with Crippen molar-refractivity contribution >= 4 is 72.9 Å². The van der Waals surface area contributed by atoms with E-state index in [1.165, 1.54) is 12.1 Å². The van der Waals surface area contributed by atoms with Gasteiger partial charge in [0.1, 0.15) is 28.6 Å². The first-order valence-electron chi connectivity index (χ1n) is 8.06. The smallest absolute Gasteiger partial charge is 0.140 e. The van der Waals surface area contributed by atoms with Gasteiger partial charge in [-0.1, -0.05) is 23.7 Å². The second-order valence-corrected chi connectivity index (χ2v) is 7.98. The highest BCUT2D eigenvalue weighted by Crippen LogP contribution is 2.33. The fourth-order valence-corrected chi connectivity index (χ4v) is 4.27. The van der Waals surface area contributed by atoms with E-state index < -0.39 is 0 Å². The molecule has 4 aromatic rings. The molecule has 0 aliphatic rings. The lowest BCUT2D eigenvalue weighted by Gasteiger charge is -2.12. The number of anilines is 2. The van der Waals surface area contributed by atoms with Crippen molar-refractivity contribution in [3.63, 3.8) is 0 Å². The van der Waals surface area contributed by atoms with Gasteiger partial charge in [-0.25, -0.2) is 9.37 Å². The van der Waals surface area contributed by atoms with Gasteiger partial charge in [0.2, 0.25) is 0 Å². The van der Waals surface area contributed by atoms with E-state index in [2.05, 4.69) is 26.2 Å². The van der Waals surface area contributed by atoms with Crippen LogP contribution in [0.3, 0.4) is 0 Å². The van der Waals surface area contributed by atoms with Crippen LogP contribution in [0, 0.1) is 5.82 Å². The summed E-state index contributed by atoms with van der Waals surface area (Å²) in [4.78, 5) is 4.51. The van der Waals surface area contributed by atoms with E-state index in [4.69, 9.17) is 16.3 Å². The predicted octanol–water partition coefficient (Wildman–Crippen LogP) is 7.60. The Labute approximate surface area is 185 Å². The molecule has 28 heavy (non-hydrogen) atoms. The molecule has 144 valence electrons. The number of halogens is 4. The number of hydrogen-bond acceptors (Lipinski definition) is 4. The molecule has 0 fully saturated rings. The van der Waals surface area contributed by atoms with Crippen molar-refractivity contribution in [2.45, 2.75) is 6.61 Å². The SMILES string of the molecule is Cl.Fc1cccc(COc2ccc(Nc3nc(Br)cc4sccc34)cc2Cl)c1. The molecule has 0 bridgehead atoms. The molecule has 8 heteroatoms. The third kappa shape index (κ3) is 4.75. The summed E-state index contributed by atoms with van der Waals surface area (Å²) in [5.41, 5.74) is 1.54. The van der Waals surface area contributed by atoms with E-state index in [1.807, 2.05) is 23.6 Å². The first kappa shape index (κ1) is 20.9. The van der Waals surface area contributed by atoms with E-state index in [1.54, 1.807) is 35.6 Å². The maximum Gasteiger partial charge on any atom is 0.140 e. The summed E-state index contributed by atoms with van der Waals surface area (Å²) in [7, 11) is 0. The fraction of sp³-hybridized carbons (Fsp3) is 0.0500. The molecule has 0 radical (unpaired) electrons. The van der Waals surface area contributed by atoms with E-state index in [9.17, 15) is 4.39 Å². The molecule has 3 nitrogen and oxygen atoms in total. The van der Waals surface area contributed by atoms with Crippen LogP contribution in [-0.2, 0) is 6.61 Å². The second kappa shape index (κ2) is 9.09. The van der Waals surface area contributed by atoms with Gasteiger partial charge in [-0.05, 0) is 69.3 Å². The molecule has 0 atom stereocenters. The number of nitrogens with zero attached hydrogens (tertiary/aromatic N) is 1. The number of hydrogen-bond donors (Lipinski definition) is 1. The summed E-state index contributed by atoms with van der Waals surface area (Å²) >= 11 is 11.4. The molecule has 2 aromatic carbocycles. The third-order valence-electron chi connectivity index (χ3n) is 3.90. The van der Waals surface area contributed by atoms with Crippen LogP contribution in [0.5, 0.6) is 5.75 Å². The van der Waals surface area contributed by atoms with Crippen molar-refractivity contribution in [2.24, 2.45) is 0 Å². The molecular weight excluding hydrogens is 486 g/mol. The van der Waals surface area contributed by atoms with Crippen molar-refractivity contribution < 1.29 is 9.13 Å². The van der Waals surface area contributed by atoms with Crippen LogP contribution < -0.4 is 10.1 Å². The van der Waals surface area contributed by atoms with Crippen molar-refractivity contribution in [2.75, 3.05) is 5.32 Å². The van der Waals surface area contributed by atoms with Gasteiger partial charge < -0.3 is 10.1 Å². The van der Waals surface area contributed by atoms with Gasteiger partial charge in [0.05, 0.1) is 5.02 Å². The zero-order valence-corrected chi connectivity index (χ0v) is 18.3. The molecule has 1 N–H and O–H groups in total. The minimum absolute atomic E-state index is 0. The summed E-state index contributed by atoms with van der Waals surface area (Å²) < 4.78 is 20.9. The van der Waals surface area contributed by atoms with Gasteiger partial charge in [-0.15, -0.1) is 23.7 Å². The summed E-state index contributed by atoms with van der Waals surface area (Å²) in [6.45, 7) is 0.243. The van der Waals surface area contributed by atoms with Gasteiger partial charge >= 0.3 is 0 Å². The van der Waals surface area contributed by atoms with Crippen LogP contribution in [0.15, 0.2) is 64.6 Å². The molecule has 0 amide bonds. The molecular formula is C20H14BrCl2FN2OS. The normalized spacial score (nSPS) is 10.5. The summed E-state index contributed by atoms with van der Waals surface area (Å²) in [5.74, 6) is 1.00. The first-order valence-corrected chi connectivity index (χ1v) is 10.1. The molecule has 2 heterocycles. The molecule has 4 rings (SSSR count). The Hall–Kier alpha value is -1.86. The Bertz CT molecular complexity index is 1120. The molecule has 0 aliphatic heterocycles. The standard InChI is InChI=1S/C20H13BrClFN2OS.ClH/c21-19-10-18-15(6-7-27-18)20(25-19)24-14-4-5-17(16(22)9-14)26-11-12-2-1-3-13(23)8-12;/h1-10H,11H2,(H,24,25);1H. The summed E-state index contributed by atoms with van der Waals surface area (Å²) in [6.07, 6.45) is 0. The largest absolute Gasteiger partial charge is 0.487 e. The summed E-state index contributed by atoms with van der Waals surface area (Å²) in [5, 5.41) is 6.84. The number of benzene rings is 2. The number of ether oxygens (including phenoxy) is 1. The lowest BCUT2D eigenvalue weighted by Crippen LogP contribution is -1.98. The molecule has 0 spiro atoms. The van der Waals surface area contributed by atoms with Crippen molar-refractivity contribution in [3.8, 4) is 5.75 Å². The lowest BCUT2D eigenvalue weighted by molar-refractivity contribution is 0.306. The number of pyridine rings is 1. The number of aromatic nitrogens is 1. The maximum absolute atomic E-state index is 13.2. The fourth-order valence-electron chi connectivity index (χ4n) is 2.65. The van der Waals surface area contributed by atoms with Crippen LogP contribution in [0.2, 0.25) is 5.02 Å². The average molecular weight is 500 g/mol. The van der Waals surface area contributed by atoms with Crippen LogP contribution in [-0.4, -0.2) is 4.98 Å².